The van der Waals surface area contributed by atoms with E-state index in [4.69, 9.17) is 28.3 Å². The summed E-state index contributed by atoms with van der Waals surface area (Å²) in [6, 6.07) is 29.1. The van der Waals surface area contributed by atoms with E-state index < -0.39 is 46.8 Å². The van der Waals surface area contributed by atoms with Gasteiger partial charge in [0.25, 0.3) is 0 Å². The highest BCUT2D eigenvalue weighted by molar-refractivity contribution is 7.22. The summed E-state index contributed by atoms with van der Waals surface area (Å²) in [5.41, 5.74) is 3.84. The maximum Gasteiger partial charge on any atom is 0.242 e. The van der Waals surface area contributed by atoms with Gasteiger partial charge in [0.05, 0.1) is 33.7 Å². The SMILES string of the molecule is Cc1c(-c2cc(N3C(=O)[C@@H]4C[C@@H]5C(=CC[C@@H]6C(=O)N(c7ccc(Nc8ccccc8)cc7)C(=O)[C@@H]65)[C@H](c5ccc(O)cc5Cl)[C@]4(C)C3=O)n(C)n2)sc2ccc(Cl)cc12. The van der Waals surface area contributed by atoms with Gasteiger partial charge in [-0.05, 0) is 116 Å². The molecule has 59 heavy (non-hydrogen) atoms. The predicted molar refractivity (Wildman–Crippen MR) is 230 cm³/mol. The van der Waals surface area contributed by atoms with E-state index in [1.807, 2.05) is 80.6 Å². The second-order valence-electron chi connectivity index (χ2n) is 16.1. The van der Waals surface area contributed by atoms with Crippen LogP contribution in [0.4, 0.5) is 22.9 Å². The van der Waals surface area contributed by atoms with Crippen molar-refractivity contribution in [2.24, 2.45) is 36.1 Å². The average Bonchev–Trinajstić information content (AvgIpc) is 3.89. The maximum absolute atomic E-state index is 15.2. The van der Waals surface area contributed by atoms with Gasteiger partial charge in [0.1, 0.15) is 17.3 Å². The Morgan fingerprint density at radius 3 is 2.34 bits per heavy atom. The molecule has 4 amide bonds. The molecule has 6 atom stereocenters. The molecule has 10 rings (SSSR count). The number of fused-ring (bicyclic) bond motifs is 5. The minimum absolute atomic E-state index is 0.0423. The van der Waals surface area contributed by atoms with Crippen LogP contribution in [0.1, 0.15) is 36.8 Å². The van der Waals surface area contributed by atoms with Gasteiger partial charge < -0.3 is 10.4 Å². The van der Waals surface area contributed by atoms with Crippen LogP contribution in [0.15, 0.2) is 109 Å². The van der Waals surface area contributed by atoms with Crippen LogP contribution in [-0.4, -0.2) is 38.5 Å². The zero-order chi connectivity index (χ0) is 41.1. The fourth-order valence-electron chi connectivity index (χ4n) is 10.2. The van der Waals surface area contributed by atoms with Gasteiger partial charge in [-0.2, -0.15) is 5.10 Å². The molecule has 1 saturated carbocycles. The van der Waals surface area contributed by atoms with Crippen molar-refractivity contribution in [3.8, 4) is 16.3 Å². The zero-order valence-electron chi connectivity index (χ0n) is 32.1. The van der Waals surface area contributed by atoms with Crippen LogP contribution in [0.25, 0.3) is 20.7 Å². The minimum Gasteiger partial charge on any atom is -0.508 e. The molecule has 3 fully saturated rings. The molecule has 0 bridgehead atoms. The second kappa shape index (κ2) is 13.7. The van der Waals surface area contributed by atoms with Crippen molar-refractivity contribution in [2.75, 3.05) is 15.1 Å². The molecule has 2 N–H and O–H groups in total. The number of benzene rings is 4. The molecule has 4 heterocycles. The van der Waals surface area contributed by atoms with E-state index in [1.54, 1.807) is 47.3 Å². The minimum atomic E-state index is -1.32. The molecule has 2 aromatic heterocycles. The van der Waals surface area contributed by atoms with Crippen molar-refractivity contribution in [1.82, 2.24) is 9.78 Å². The Morgan fingerprint density at radius 1 is 0.847 bits per heavy atom. The molecule has 4 aliphatic rings. The number of aromatic nitrogens is 2. The van der Waals surface area contributed by atoms with Crippen LogP contribution in [-0.2, 0) is 26.2 Å². The highest BCUT2D eigenvalue weighted by atomic mass is 35.5. The van der Waals surface area contributed by atoms with Gasteiger partial charge in [0.15, 0.2) is 0 Å². The molecule has 6 aromatic rings. The maximum atomic E-state index is 15.2. The lowest BCUT2D eigenvalue weighted by molar-refractivity contribution is -0.131. The number of rotatable bonds is 6. The lowest BCUT2D eigenvalue weighted by Gasteiger charge is -2.49. The summed E-state index contributed by atoms with van der Waals surface area (Å²) in [4.78, 5) is 62.4. The number of carbonyl (C=O) groups excluding carboxylic acids is 4. The van der Waals surface area contributed by atoms with Crippen LogP contribution in [0.5, 0.6) is 5.75 Å². The first-order valence-electron chi connectivity index (χ1n) is 19.4. The number of amides is 4. The first-order valence-corrected chi connectivity index (χ1v) is 21.0. The molecule has 0 spiro atoms. The van der Waals surface area contributed by atoms with Crippen LogP contribution >= 0.6 is 34.5 Å². The van der Waals surface area contributed by atoms with E-state index in [-0.39, 0.29) is 35.4 Å². The number of imide groups is 2. The van der Waals surface area contributed by atoms with Gasteiger partial charge in [0, 0.05) is 45.2 Å². The van der Waals surface area contributed by atoms with E-state index in [1.165, 1.54) is 21.9 Å². The van der Waals surface area contributed by atoms with Gasteiger partial charge in [-0.25, -0.2) is 4.90 Å². The van der Waals surface area contributed by atoms with Gasteiger partial charge in [-0.15, -0.1) is 11.3 Å². The molecule has 4 aromatic carbocycles. The lowest BCUT2D eigenvalue weighted by atomic mass is 9.51. The lowest BCUT2D eigenvalue weighted by Crippen LogP contribution is -2.49. The number of halogens is 2. The summed E-state index contributed by atoms with van der Waals surface area (Å²) in [6.07, 6.45) is 2.46. The highest BCUT2D eigenvalue weighted by Crippen LogP contribution is 2.64. The molecule has 2 aliphatic heterocycles. The highest BCUT2D eigenvalue weighted by Gasteiger charge is 2.68. The Morgan fingerprint density at radius 2 is 1.59 bits per heavy atom. The number of phenols is 1. The van der Waals surface area contributed by atoms with Crippen LogP contribution in [0.3, 0.4) is 0 Å². The smallest absolute Gasteiger partial charge is 0.242 e. The fraction of sp³-hybridized carbons (Fsp3) is 0.239. The number of para-hydroxylation sites is 1. The largest absolute Gasteiger partial charge is 0.508 e. The summed E-state index contributed by atoms with van der Waals surface area (Å²) in [7, 11) is 1.71. The van der Waals surface area contributed by atoms with Gasteiger partial charge in [-0.1, -0.05) is 59.1 Å². The Hall–Kier alpha value is -5.75. The fourth-order valence-corrected chi connectivity index (χ4v) is 11.8. The molecule has 10 nitrogen and oxygen atoms in total. The molecule has 13 heteroatoms. The Balaban J connectivity index is 1.03. The second-order valence-corrected chi connectivity index (χ2v) is 18.0. The van der Waals surface area contributed by atoms with Gasteiger partial charge >= 0.3 is 0 Å². The Bertz CT molecular complexity index is 2820. The summed E-state index contributed by atoms with van der Waals surface area (Å²) >= 11 is 14.8. The number of nitrogens with one attached hydrogen (secondary N) is 1. The first kappa shape index (κ1) is 37.5. The van der Waals surface area contributed by atoms with Crippen molar-refractivity contribution >= 4 is 91.1 Å². The number of aromatic hydroxyl groups is 1. The van der Waals surface area contributed by atoms with Crippen molar-refractivity contribution < 1.29 is 24.3 Å². The van der Waals surface area contributed by atoms with Crippen molar-refractivity contribution in [3.63, 3.8) is 0 Å². The third-order valence-corrected chi connectivity index (χ3v) is 14.8. The molecule has 2 aliphatic carbocycles. The number of thiophene rings is 1. The summed E-state index contributed by atoms with van der Waals surface area (Å²) in [6.45, 7) is 3.81. The van der Waals surface area contributed by atoms with E-state index in [9.17, 15) is 19.5 Å². The topological polar surface area (TPSA) is 125 Å². The number of hydrogen-bond donors (Lipinski definition) is 2. The number of anilines is 4. The Kier molecular flexibility index (Phi) is 8.68. The van der Waals surface area contributed by atoms with Gasteiger partial charge in [-0.3, -0.25) is 28.8 Å². The Labute approximate surface area is 353 Å². The molecule has 0 unspecified atom stereocenters. The molecular weight excluding hydrogens is 806 g/mol. The summed E-state index contributed by atoms with van der Waals surface area (Å²) in [5.74, 6) is -4.66. The average molecular weight is 843 g/mol. The number of allylic oxidation sites excluding steroid dienone is 2. The van der Waals surface area contributed by atoms with Crippen LogP contribution in [0, 0.1) is 36.0 Å². The van der Waals surface area contributed by atoms with Crippen LogP contribution in [0.2, 0.25) is 10.0 Å². The quantitative estimate of drug-likeness (QED) is 0.126. The summed E-state index contributed by atoms with van der Waals surface area (Å²) in [5, 5.41) is 20.4. The van der Waals surface area contributed by atoms with E-state index in [0.717, 1.165) is 37.5 Å². The molecule has 296 valence electrons. The molecule has 2 saturated heterocycles. The normalized spacial score (nSPS) is 25.0. The molecule has 0 radical (unpaired) electrons. The summed E-state index contributed by atoms with van der Waals surface area (Å²) < 4.78 is 2.60. The van der Waals surface area contributed by atoms with Crippen molar-refractivity contribution in [1.29, 1.82) is 0 Å². The number of hydrogen-bond acceptors (Lipinski definition) is 8. The zero-order valence-corrected chi connectivity index (χ0v) is 34.5. The first-order chi connectivity index (χ1) is 28.3. The predicted octanol–water partition coefficient (Wildman–Crippen LogP) is 9.80. The van der Waals surface area contributed by atoms with Crippen molar-refractivity contribution in [3.05, 3.63) is 130 Å². The van der Waals surface area contributed by atoms with E-state index >= 15 is 4.79 Å². The third-order valence-electron chi connectivity index (χ3n) is 13.0. The molecular formula is C46H37Cl2N5O5S. The number of aryl methyl sites for hydroxylation is 2. The number of nitrogens with zero attached hydrogens (tertiary/aromatic N) is 4. The third kappa shape index (κ3) is 5.62. The van der Waals surface area contributed by atoms with Crippen molar-refractivity contribution in [2.45, 2.75) is 32.6 Å². The number of carbonyl (C=O) groups is 4. The number of phenolic OH excluding ortho intramolecular Hbond substituents is 1. The monoisotopic (exact) mass is 841 g/mol. The van der Waals surface area contributed by atoms with E-state index in [0.29, 0.717) is 27.8 Å². The van der Waals surface area contributed by atoms with Crippen LogP contribution < -0.4 is 15.1 Å². The standard InChI is InChI=1S/C46H37Cl2N5O5S/c1-23-32-19-24(47)9-18-37(32)59-41(23)36-22-38(51(3)50-36)53-43(56)34-21-33-29(40(46(34,2)45(53)58)30-15-14-28(54)20-35(30)48)16-17-31-39(33)44(57)52(42(31)55)27-12-10-26(11-13-27)49-25-7-5-4-6-8-25/h4-16,18-20,22,31,33-34,39-40,49,54H,17,21H2,1-3H3/t31-,33+,34-,39-,40+,46+/m0/s1. The van der Waals surface area contributed by atoms with E-state index in [2.05, 4.69) is 5.32 Å². The van der Waals surface area contributed by atoms with Gasteiger partial charge in [0.2, 0.25) is 23.6 Å².